The number of hydrogen-bond acceptors (Lipinski definition) is 2. The van der Waals surface area contributed by atoms with E-state index in [1.54, 1.807) is 4.90 Å². The molecule has 0 spiro atoms. The first-order chi connectivity index (χ1) is 8.16. The molecule has 0 radical (unpaired) electrons. The molecule has 3 nitrogen and oxygen atoms in total. The highest BCUT2D eigenvalue weighted by Gasteiger charge is 2.28. The van der Waals surface area contributed by atoms with E-state index < -0.39 is 0 Å². The lowest BCUT2D eigenvalue weighted by Crippen LogP contribution is -2.31. The molecule has 0 N–H and O–H groups in total. The second kappa shape index (κ2) is 5.32. The molecule has 0 aromatic heterocycles. The lowest BCUT2D eigenvalue weighted by Gasteiger charge is -2.18. The van der Waals surface area contributed by atoms with Gasteiger partial charge in [-0.25, -0.2) is 0 Å². The molecule has 1 saturated heterocycles. The Labute approximate surface area is 103 Å². The summed E-state index contributed by atoms with van der Waals surface area (Å²) in [6.45, 7) is 2.88. The maximum absolute atomic E-state index is 11.8. The molecule has 1 aromatic carbocycles. The van der Waals surface area contributed by atoms with Crippen molar-refractivity contribution in [3.8, 4) is 0 Å². The molecule has 3 heteroatoms. The Kier molecular flexibility index (Phi) is 3.79. The Hall–Kier alpha value is -1.35. The standard InChI is InChI=1S/C14H20N2O/c1-15(2)14(17)13-8-9-16(11-13)10-12-6-4-3-5-7-12/h3-7,13H,8-11H2,1-2H3. The van der Waals surface area contributed by atoms with Gasteiger partial charge in [0.25, 0.3) is 0 Å². The molecule has 1 atom stereocenters. The molecule has 1 aliphatic heterocycles. The third-order valence-electron chi connectivity index (χ3n) is 3.31. The average molecular weight is 232 g/mol. The molecular formula is C14H20N2O. The third kappa shape index (κ3) is 3.07. The highest BCUT2D eigenvalue weighted by molar-refractivity contribution is 5.78. The summed E-state index contributed by atoms with van der Waals surface area (Å²) in [4.78, 5) is 15.9. The summed E-state index contributed by atoms with van der Waals surface area (Å²) in [6.07, 6.45) is 0.990. The van der Waals surface area contributed by atoms with Gasteiger partial charge in [0.15, 0.2) is 0 Å². The number of rotatable bonds is 3. The molecule has 1 unspecified atom stereocenters. The summed E-state index contributed by atoms with van der Waals surface area (Å²) in [7, 11) is 3.67. The number of carbonyl (C=O) groups excluding carboxylic acids is 1. The van der Waals surface area contributed by atoms with Crippen molar-refractivity contribution in [1.29, 1.82) is 0 Å². The number of carbonyl (C=O) groups is 1. The SMILES string of the molecule is CN(C)C(=O)C1CCN(Cc2ccccc2)C1. The first kappa shape index (κ1) is 12.1. The van der Waals surface area contributed by atoms with Crippen molar-refractivity contribution < 1.29 is 4.79 Å². The molecule has 1 aromatic rings. The number of nitrogens with zero attached hydrogens (tertiary/aromatic N) is 2. The quantitative estimate of drug-likeness (QED) is 0.790. The van der Waals surface area contributed by atoms with Crippen LogP contribution in [0.15, 0.2) is 30.3 Å². The van der Waals surface area contributed by atoms with Crippen LogP contribution in [0.5, 0.6) is 0 Å². The summed E-state index contributed by atoms with van der Waals surface area (Å²) < 4.78 is 0. The van der Waals surface area contributed by atoms with Gasteiger partial charge in [0.1, 0.15) is 0 Å². The van der Waals surface area contributed by atoms with Crippen molar-refractivity contribution in [3.63, 3.8) is 0 Å². The summed E-state index contributed by atoms with van der Waals surface area (Å²) in [5.74, 6) is 0.453. The Morgan fingerprint density at radius 3 is 2.71 bits per heavy atom. The highest BCUT2D eigenvalue weighted by atomic mass is 16.2. The zero-order valence-corrected chi connectivity index (χ0v) is 10.6. The van der Waals surface area contributed by atoms with Crippen LogP contribution in [0.25, 0.3) is 0 Å². The van der Waals surface area contributed by atoms with Gasteiger partial charge in [-0.2, -0.15) is 0 Å². The minimum atomic E-state index is 0.189. The second-order valence-corrected chi connectivity index (χ2v) is 4.94. The van der Waals surface area contributed by atoms with E-state index in [2.05, 4.69) is 29.2 Å². The zero-order chi connectivity index (χ0) is 12.3. The Morgan fingerprint density at radius 1 is 1.35 bits per heavy atom. The van der Waals surface area contributed by atoms with Crippen LogP contribution in [0.1, 0.15) is 12.0 Å². The van der Waals surface area contributed by atoms with Crippen molar-refractivity contribution in [2.75, 3.05) is 27.2 Å². The topological polar surface area (TPSA) is 23.6 Å². The Morgan fingerprint density at radius 2 is 2.06 bits per heavy atom. The lowest BCUT2D eigenvalue weighted by molar-refractivity contribution is -0.132. The van der Waals surface area contributed by atoms with Crippen LogP contribution in [0.4, 0.5) is 0 Å². The van der Waals surface area contributed by atoms with Crippen molar-refractivity contribution >= 4 is 5.91 Å². The summed E-state index contributed by atoms with van der Waals surface area (Å²) in [5, 5.41) is 0. The van der Waals surface area contributed by atoms with Gasteiger partial charge in [0.05, 0.1) is 5.92 Å². The highest BCUT2D eigenvalue weighted by Crippen LogP contribution is 2.19. The van der Waals surface area contributed by atoms with E-state index in [1.807, 2.05) is 20.2 Å². The molecule has 92 valence electrons. The van der Waals surface area contributed by atoms with Crippen LogP contribution in [0, 0.1) is 5.92 Å². The van der Waals surface area contributed by atoms with E-state index >= 15 is 0 Å². The van der Waals surface area contributed by atoms with Crippen molar-refractivity contribution in [3.05, 3.63) is 35.9 Å². The third-order valence-corrected chi connectivity index (χ3v) is 3.31. The van der Waals surface area contributed by atoms with Gasteiger partial charge < -0.3 is 4.90 Å². The van der Waals surface area contributed by atoms with Crippen LogP contribution < -0.4 is 0 Å². The molecule has 0 aliphatic carbocycles. The molecule has 2 rings (SSSR count). The van der Waals surface area contributed by atoms with Crippen LogP contribution >= 0.6 is 0 Å². The van der Waals surface area contributed by atoms with Gasteiger partial charge in [0.2, 0.25) is 5.91 Å². The molecule has 1 amide bonds. The zero-order valence-electron chi connectivity index (χ0n) is 10.6. The summed E-state index contributed by atoms with van der Waals surface area (Å²) in [6, 6.07) is 10.4. The Bertz CT molecular complexity index is 375. The van der Waals surface area contributed by atoms with Gasteiger partial charge in [-0.1, -0.05) is 30.3 Å². The molecular weight excluding hydrogens is 212 g/mol. The van der Waals surface area contributed by atoms with E-state index in [1.165, 1.54) is 5.56 Å². The molecule has 1 aliphatic rings. The molecule has 0 saturated carbocycles. The van der Waals surface area contributed by atoms with Crippen LogP contribution in [0.3, 0.4) is 0 Å². The predicted octanol–water partition coefficient (Wildman–Crippen LogP) is 1.60. The number of hydrogen-bond donors (Lipinski definition) is 0. The fraction of sp³-hybridized carbons (Fsp3) is 0.500. The smallest absolute Gasteiger partial charge is 0.226 e. The van der Waals surface area contributed by atoms with Crippen molar-refractivity contribution in [2.45, 2.75) is 13.0 Å². The number of amides is 1. The van der Waals surface area contributed by atoms with Crippen LogP contribution in [-0.2, 0) is 11.3 Å². The monoisotopic (exact) mass is 232 g/mol. The molecule has 0 bridgehead atoms. The fourth-order valence-electron chi connectivity index (χ4n) is 2.38. The fourth-order valence-corrected chi connectivity index (χ4v) is 2.38. The lowest BCUT2D eigenvalue weighted by atomic mass is 10.1. The molecule has 1 heterocycles. The second-order valence-electron chi connectivity index (χ2n) is 4.94. The number of likely N-dealkylation sites (tertiary alicyclic amines) is 1. The predicted molar refractivity (Wildman–Crippen MR) is 68.5 cm³/mol. The van der Waals surface area contributed by atoms with Crippen molar-refractivity contribution in [2.24, 2.45) is 5.92 Å². The summed E-state index contributed by atoms with van der Waals surface area (Å²) in [5.41, 5.74) is 1.32. The molecule has 1 fully saturated rings. The van der Waals surface area contributed by atoms with E-state index in [0.717, 1.165) is 26.1 Å². The normalized spacial score (nSPS) is 20.5. The van der Waals surface area contributed by atoms with E-state index in [-0.39, 0.29) is 11.8 Å². The van der Waals surface area contributed by atoms with Gasteiger partial charge in [0, 0.05) is 27.2 Å². The first-order valence-corrected chi connectivity index (χ1v) is 6.14. The average Bonchev–Trinajstić information content (AvgIpc) is 2.77. The van der Waals surface area contributed by atoms with Crippen LogP contribution in [-0.4, -0.2) is 42.9 Å². The minimum Gasteiger partial charge on any atom is -0.349 e. The van der Waals surface area contributed by atoms with E-state index in [9.17, 15) is 4.79 Å². The Balaban J connectivity index is 1.88. The van der Waals surface area contributed by atoms with Gasteiger partial charge in [-0.05, 0) is 18.5 Å². The van der Waals surface area contributed by atoms with Gasteiger partial charge >= 0.3 is 0 Å². The van der Waals surface area contributed by atoms with Crippen molar-refractivity contribution in [1.82, 2.24) is 9.80 Å². The van der Waals surface area contributed by atoms with E-state index in [4.69, 9.17) is 0 Å². The first-order valence-electron chi connectivity index (χ1n) is 6.14. The summed E-state index contributed by atoms with van der Waals surface area (Å²) >= 11 is 0. The minimum absolute atomic E-state index is 0.189. The maximum atomic E-state index is 11.8. The molecule has 17 heavy (non-hydrogen) atoms. The number of benzene rings is 1. The maximum Gasteiger partial charge on any atom is 0.226 e. The van der Waals surface area contributed by atoms with Crippen LogP contribution in [0.2, 0.25) is 0 Å². The van der Waals surface area contributed by atoms with E-state index in [0.29, 0.717) is 0 Å². The van der Waals surface area contributed by atoms with Gasteiger partial charge in [-0.3, -0.25) is 9.69 Å². The van der Waals surface area contributed by atoms with Gasteiger partial charge in [-0.15, -0.1) is 0 Å². The largest absolute Gasteiger partial charge is 0.349 e.